The molecule has 1 saturated carbocycles. The van der Waals surface area contributed by atoms with E-state index in [0.717, 1.165) is 24.2 Å². The predicted octanol–water partition coefficient (Wildman–Crippen LogP) is 3.48. The third-order valence-electron chi connectivity index (χ3n) is 5.49. The van der Waals surface area contributed by atoms with Crippen LogP contribution in [-0.2, 0) is 4.79 Å². The Hall–Kier alpha value is -2.53. The molecule has 2 aromatic rings. The normalized spacial score (nSPS) is 21.4. The van der Waals surface area contributed by atoms with Crippen LogP contribution in [0.15, 0.2) is 48.5 Å². The van der Waals surface area contributed by atoms with Crippen LogP contribution in [0.25, 0.3) is 0 Å². The zero-order valence-electron chi connectivity index (χ0n) is 15.7. The standard InChI is InChI=1S/C22H23ClN2O3/c1-28-16-6-4-5-14(11-16)18-12-25(13-19(18)21(26)24-15-9-10-15)22(27)17-7-2-3-8-20(17)23/h2-8,11,15,18-19H,9-10,12-13H2,1H3,(H,24,26). The van der Waals surface area contributed by atoms with E-state index in [0.29, 0.717) is 23.7 Å². The maximum atomic E-state index is 13.1. The fraction of sp³-hybridized carbons (Fsp3) is 0.364. The van der Waals surface area contributed by atoms with Crippen LogP contribution in [0.2, 0.25) is 5.02 Å². The molecule has 1 aliphatic carbocycles. The quantitative estimate of drug-likeness (QED) is 0.838. The number of benzene rings is 2. The summed E-state index contributed by atoms with van der Waals surface area (Å²) in [6, 6.07) is 15.1. The van der Waals surface area contributed by atoms with Gasteiger partial charge in [0.25, 0.3) is 5.91 Å². The summed E-state index contributed by atoms with van der Waals surface area (Å²) in [5.74, 6) is 0.249. The van der Waals surface area contributed by atoms with E-state index < -0.39 is 0 Å². The molecule has 2 amide bonds. The first-order valence-corrected chi connectivity index (χ1v) is 9.92. The van der Waals surface area contributed by atoms with Crippen molar-refractivity contribution < 1.29 is 14.3 Å². The number of hydrogen-bond acceptors (Lipinski definition) is 3. The third kappa shape index (κ3) is 3.85. The van der Waals surface area contributed by atoms with Gasteiger partial charge in [-0.3, -0.25) is 9.59 Å². The number of likely N-dealkylation sites (tertiary alicyclic amines) is 1. The molecule has 28 heavy (non-hydrogen) atoms. The molecule has 4 rings (SSSR count). The number of hydrogen-bond donors (Lipinski definition) is 1. The molecule has 1 heterocycles. The minimum Gasteiger partial charge on any atom is -0.497 e. The summed E-state index contributed by atoms with van der Waals surface area (Å²) < 4.78 is 5.35. The van der Waals surface area contributed by atoms with Crippen molar-refractivity contribution in [2.45, 2.75) is 24.8 Å². The second-order valence-corrected chi connectivity index (χ2v) is 7.87. The summed E-state index contributed by atoms with van der Waals surface area (Å²) in [6.07, 6.45) is 2.06. The van der Waals surface area contributed by atoms with Gasteiger partial charge in [0.2, 0.25) is 5.91 Å². The van der Waals surface area contributed by atoms with Crippen LogP contribution in [0.1, 0.15) is 34.7 Å². The van der Waals surface area contributed by atoms with Crippen molar-refractivity contribution in [1.29, 1.82) is 0 Å². The first-order valence-electron chi connectivity index (χ1n) is 9.55. The van der Waals surface area contributed by atoms with Crippen LogP contribution < -0.4 is 10.1 Å². The molecule has 0 spiro atoms. The summed E-state index contributed by atoms with van der Waals surface area (Å²) in [5.41, 5.74) is 1.47. The third-order valence-corrected chi connectivity index (χ3v) is 5.82. The lowest BCUT2D eigenvalue weighted by Gasteiger charge is -2.18. The average molecular weight is 399 g/mol. The second kappa shape index (κ2) is 7.84. The maximum absolute atomic E-state index is 13.1. The van der Waals surface area contributed by atoms with Crippen molar-refractivity contribution in [1.82, 2.24) is 10.2 Å². The second-order valence-electron chi connectivity index (χ2n) is 7.46. The van der Waals surface area contributed by atoms with E-state index >= 15 is 0 Å². The molecule has 0 aromatic heterocycles. The molecule has 0 bridgehead atoms. The van der Waals surface area contributed by atoms with Crippen molar-refractivity contribution in [2.75, 3.05) is 20.2 Å². The minimum absolute atomic E-state index is 0.0183. The highest BCUT2D eigenvalue weighted by Gasteiger charge is 2.42. The molecule has 146 valence electrons. The molecule has 2 aliphatic rings. The van der Waals surface area contributed by atoms with Crippen LogP contribution in [0.3, 0.4) is 0 Å². The number of methoxy groups -OCH3 is 1. The molecule has 2 fully saturated rings. The summed E-state index contributed by atoms with van der Waals surface area (Å²) in [4.78, 5) is 27.7. The fourth-order valence-electron chi connectivity index (χ4n) is 3.79. The van der Waals surface area contributed by atoms with Crippen LogP contribution in [0.5, 0.6) is 5.75 Å². The number of nitrogens with one attached hydrogen (secondary N) is 1. The molecule has 2 aromatic carbocycles. The van der Waals surface area contributed by atoms with Crippen LogP contribution in [0, 0.1) is 5.92 Å². The van der Waals surface area contributed by atoms with Crippen LogP contribution in [0.4, 0.5) is 0 Å². The van der Waals surface area contributed by atoms with Crippen LogP contribution in [-0.4, -0.2) is 43.0 Å². The minimum atomic E-state index is -0.292. The Balaban J connectivity index is 1.61. The van der Waals surface area contributed by atoms with E-state index in [9.17, 15) is 9.59 Å². The number of rotatable bonds is 5. The summed E-state index contributed by atoms with van der Waals surface area (Å²) in [5, 5.41) is 3.53. The molecule has 1 aliphatic heterocycles. The SMILES string of the molecule is COc1cccc(C2CN(C(=O)c3ccccc3Cl)CC2C(=O)NC2CC2)c1. The van der Waals surface area contributed by atoms with E-state index in [1.807, 2.05) is 24.3 Å². The number of halogens is 1. The lowest BCUT2D eigenvalue weighted by atomic mass is 9.88. The Morgan fingerprint density at radius 1 is 1.11 bits per heavy atom. The highest BCUT2D eigenvalue weighted by atomic mass is 35.5. The van der Waals surface area contributed by atoms with Crippen molar-refractivity contribution >= 4 is 23.4 Å². The Morgan fingerprint density at radius 2 is 1.89 bits per heavy atom. The molecule has 0 radical (unpaired) electrons. The van der Waals surface area contributed by atoms with Crippen LogP contribution >= 0.6 is 11.6 Å². The van der Waals surface area contributed by atoms with Crippen molar-refractivity contribution in [3.63, 3.8) is 0 Å². The first-order chi connectivity index (χ1) is 13.6. The van der Waals surface area contributed by atoms with Gasteiger partial charge in [0, 0.05) is 25.0 Å². The highest BCUT2D eigenvalue weighted by Crippen LogP contribution is 2.36. The largest absolute Gasteiger partial charge is 0.497 e. The van der Waals surface area contributed by atoms with Crippen molar-refractivity contribution in [3.05, 3.63) is 64.7 Å². The molecule has 6 heteroatoms. The Morgan fingerprint density at radius 3 is 2.61 bits per heavy atom. The molecular formula is C22H23ClN2O3. The molecular weight excluding hydrogens is 376 g/mol. The van der Waals surface area contributed by atoms with Gasteiger partial charge in [-0.25, -0.2) is 0 Å². The summed E-state index contributed by atoms with van der Waals surface area (Å²) in [6.45, 7) is 0.852. The number of carbonyl (C=O) groups excluding carboxylic acids is 2. The van der Waals surface area contributed by atoms with Gasteiger partial charge in [-0.2, -0.15) is 0 Å². The van der Waals surface area contributed by atoms with Gasteiger partial charge in [-0.05, 0) is 42.7 Å². The summed E-state index contributed by atoms with van der Waals surface area (Å²) >= 11 is 6.22. The molecule has 5 nitrogen and oxygen atoms in total. The van der Waals surface area contributed by atoms with Crippen molar-refractivity contribution in [2.24, 2.45) is 5.92 Å². The van der Waals surface area contributed by atoms with E-state index in [1.165, 1.54) is 0 Å². The molecule has 2 unspecified atom stereocenters. The highest BCUT2D eigenvalue weighted by molar-refractivity contribution is 6.33. The van der Waals surface area contributed by atoms with E-state index in [1.54, 1.807) is 36.3 Å². The lowest BCUT2D eigenvalue weighted by molar-refractivity contribution is -0.125. The monoisotopic (exact) mass is 398 g/mol. The van der Waals surface area contributed by atoms with Crippen molar-refractivity contribution in [3.8, 4) is 5.75 Å². The van der Waals surface area contributed by atoms with E-state index in [2.05, 4.69) is 5.32 Å². The fourth-order valence-corrected chi connectivity index (χ4v) is 4.00. The van der Waals surface area contributed by atoms with Gasteiger partial charge in [-0.1, -0.05) is 35.9 Å². The Labute approximate surface area is 169 Å². The zero-order valence-corrected chi connectivity index (χ0v) is 16.5. The molecule has 2 atom stereocenters. The van der Waals surface area contributed by atoms with Gasteiger partial charge < -0.3 is 15.0 Å². The Kier molecular flexibility index (Phi) is 5.27. The van der Waals surface area contributed by atoms with Gasteiger partial charge in [0.05, 0.1) is 23.6 Å². The number of amides is 2. The Bertz CT molecular complexity index is 897. The van der Waals surface area contributed by atoms with E-state index in [-0.39, 0.29) is 29.7 Å². The zero-order chi connectivity index (χ0) is 19.7. The number of ether oxygens (including phenoxy) is 1. The maximum Gasteiger partial charge on any atom is 0.255 e. The van der Waals surface area contributed by atoms with Gasteiger partial charge in [0.1, 0.15) is 5.75 Å². The average Bonchev–Trinajstić information content (AvgIpc) is 3.41. The number of carbonyl (C=O) groups is 2. The first kappa shape index (κ1) is 18.8. The van der Waals surface area contributed by atoms with Gasteiger partial charge in [-0.15, -0.1) is 0 Å². The smallest absolute Gasteiger partial charge is 0.255 e. The predicted molar refractivity (Wildman–Crippen MR) is 108 cm³/mol. The lowest BCUT2D eigenvalue weighted by Crippen LogP contribution is -2.36. The van der Waals surface area contributed by atoms with Gasteiger partial charge >= 0.3 is 0 Å². The molecule has 1 N–H and O–H groups in total. The van der Waals surface area contributed by atoms with Gasteiger partial charge in [0.15, 0.2) is 0 Å². The molecule has 1 saturated heterocycles. The summed E-state index contributed by atoms with van der Waals surface area (Å²) in [7, 11) is 1.62. The van der Waals surface area contributed by atoms with E-state index in [4.69, 9.17) is 16.3 Å². The number of nitrogens with zero attached hydrogens (tertiary/aromatic N) is 1. The topological polar surface area (TPSA) is 58.6 Å².